The molecular formula is C9H10Cl2N2O. The lowest BCUT2D eigenvalue weighted by Crippen LogP contribution is -1.86. The molecule has 0 amide bonds. The van der Waals surface area contributed by atoms with E-state index in [2.05, 4.69) is 10.2 Å². The van der Waals surface area contributed by atoms with Crippen molar-refractivity contribution in [3.05, 3.63) is 23.2 Å². The summed E-state index contributed by atoms with van der Waals surface area (Å²) < 4.78 is 0. The lowest BCUT2D eigenvalue weighted by molar-refractivity contribution is 0.475. The number of rotatable bonds is 3. The minimum absolute atomic E-state index is 0.104. The van der Waals surface area contributed by atoms with Gasteiger partial charge in [0.05, 0.1) is 5.02 Å². The number of hydrogen-bond acceptors (Lipinski definition) is 3. The van der Waals surface area contributed by atoms with Crippen LogP contribution in [0.5, 0.6) is 5.75 Å². The van der Waals surface area contributed by atoms with Crippen molar-refractivity contribution >= 4 is 28.9 Å². The van der Waals surface area contributed by atoms with Gasteiger partial charge in [-0.25, -0.2) is 0 Å². The maximum Gasteiger partial charge on any atom is 0.144 e. The van der Waals surface area contributed by atoms with E-state index in [0.29, 0.717) is 17.1 Å². The van der Waals surface area contributed by atoms with Crippen molar-refractivity contribution < 1.29 is 5.11 Å². The van der Waals surface area contributed by atoms with Crippen LogP contribution >= 0.6 is 23.2 Å². The molecule has 1 atom stereocenters. The number of benzene rings is 1. The predicted molar refractivity (Wildman–Crippen MR) is 57.6 cm³/mol. The normalized spacial score (nSPS) is 13.4. The van der Waals surface area contributed by atoms with Gasteiger partial charge in [-0.15, -0.1) is 0 Å². The Kier molecular flexibility index (Phi) is 4.17. The second-order valence-corrected chi connectivity index (χ2v) is 3.60. The molecule has 0 aliphatic heterocycles. The van der Waals surface area contributed by atoms with Crippen LogP contribution in [0.25, 0.3) is 0 Å². The van der Waals surface area contributed by atoms with Gasteiger partial charge in [-0.05, 0) is 18.6 Å². The second-order valence-electron chi connectivity index (χ2n) is 2.69. The van der Waals surface area contributed by atoms with E-state index in [4.69, 9.17) is 28.3 Å². The minimum Gasteiger partial charge on any atom is -0.508 e. The first-order chi connectivity index (χ1) is 6.63. The Morgan fingerprint density at radius 2 is 2.21 bits per heavy atom. The van der Waals surface area contributed by atoms with Crippen molar-refractivity contribution in [1.82, 2.24) is 0 Å². The number of alkyl halides is 1. The fourth-order valence-electron chi connectivity index (χ4n) is 0.783. The van der Waals surface area contributed by atoms with Gasteiger partial charge in [0.25, 0.3) is 0 Å². The van der Waals surface area contributed by atoms with Crippen LogP contribution in [-0.2, 0) is 0 Å². The van der Waals surface area contributed by atoms with Gasteiger partial charge in [0.15, 0.2) is 0 Å². The molecule has 0 radical (unpaired) electrons. The number of phenols is 1. The summed E-state index contributed by atoms with van der Waals surface area (Å²) in [4.78, 5) is 0. The van der Waals surface area contributed by atoms with Crippen molar-refractivity contribution in [2.24, 2.45) is 10.2 Å². The average Bonchev–Trinajstić information content (AvgIpc) is 2.16. The van der Waals surface area contributed by atoms with Crippen LogP contribution in [0.1, 0.15) is 13.3 Å². The molecule has 0 spiro atoms. The van der Waals surface area contributed by atoms with E-state index >= 15 is 0 Å². The largest absolute Gasteiger partial charge is 0.508 e. The molecule has 76 valence electrons. The van der Waals surface area contributed by atoms with Gasteiger partial charge in [0, 0.05) is 6.07 Å². The van der Waals surface area contributed by atoms with Gasteiger partial charge in [0.1, 0.15) is 16.9 Å². The first kappa shape index (κ1) is 11.3. The summed E-state index contributed by atoms with van der Waals surface area (Å²) in [5, 5.41) is 17.1. The van der Waals surface area contributed by atoms with Gasteiger partial charge in [-0.3, -0.25) is 0 Å². The van der Waals surface area contributed by atoms with Crippen LogP contribution < -0.4 is 0 Å². The molecule has 1 aromatic carbocycles. The second kappa shape index (κ2) is 5.17. The van der Waals surface area contributed by atoms with Crippen LogP contribution in [0.3, 0.4) is 0 Å². The number of phenolic OH excluding ortho intramolecular Hbond substituents is 1. The molecule has 3 nitrogen and oxygen atoms in total. The first-order valence-corrected chi connectivity index (χ1v) is 4.98. The van der Waals surface area contributed by atoms with Crippen LogP contribution in [0, 0.1) is 0 Å². The fraction of sp³-hybridized carbons (Fsp3) is 0.333. The zero-order valence-electron chi connectivity index (χ0n) is 7.61. The SMILES string of the molecule is CCC(Cl)N=Nc1ccc(O)cc1Cl. The van der Waals surface area contributed by atoms with Gasteiger partial charge in [0.2, 0.25) is 0 Å². The van der Waals surface area contributed by atoms with Gasteiger partial charge in [-0.1, -0.05) is 30.1 Å². The van der Waals surface area contributed by atoms with Crippen LogP contribution in [0.2, 0.25) is 5.02 Å². The predicted octanol–water partition coefficient (Wildman–Crippen LogP) is 4.10. The highest BCUT2D eigenvalue weighted by Gasteiger charge is 2.01. The zero-order valence-corrected chi connectivity index (χ0v) is 9.13. The Labute approximate surface area is 92.4 Å². The van der Waals surface area contributed by atoms with Crippen molar-refractivity contribution in [2.75, 3.05) is 0 Å². The topological polar surface area (TPSA) is 45.0 Å². The molecule has 5 heteroatoms. The third-order valence-corrected chi connectivity index (χ3v) is 2.26. The Hall–Kier alpha value is -0.800. The Bertz CT molecular complexity index is 342. The van der Waals surface area contributed by atoms with Gasteiger partial charge in [-0.2, -0.15) is 10.2 Å². The molecule has 0 saturated heterocycles. The lowest BCUT2D eigenvalue weighted by Gasteiger charge is -1.99. The highest BCUT2D eigenvalue weighted by atomic mass is 35.5. The molecule has 0 aromatic heterocycles. The number of nitrogens with zero attached hydrogens (tertiary/aromatic N) is 2. The van der Waals surface area contributed by atoms with Gasteiger partial charge >= 0.3 is 0 Å². The van der Waals surface area contributed by atoms with Gasteiger partial charge < -0.3 is 5.11 Å². The summed E-state index contributed by atoms with van der Waals surface area (Å²) in [7, 11) is 0. The van der Waals surface area contributed by atoms with Crippen molar-refractivity contribution in [3.63, 3.8) is 0 Å². The summed E-state index contributed by atoms with van der Waals surface area (Å²) in [6.07, 6.45) is 0.709. The molecule has 1 unspecified atom stereocenters. The maximum atomic E-state index is 9.08. The zero-order chi connectivity index (χ0) is 10.6. The van der Waals surface area contributed by atoms with Crippen LogP contribution in [0.4, 0.5) is 5.69 Å². The monoisotopic (exact) mass is 232 g/mol. The molecule has 0 fully saturated rings. The average molecular weight is 233 g/mol. The minimum atomic E-state index is -0.333. The summed E-state index contributed by atoms with van der Waals surface area (Å²) >= 11 is 11.5. The summed E-state index contributed by atoms with van der Waals surface area (Å²) in [5.74, 6) is 0.104. The quantitative estimate of drug-likeness (QED) is 0.476. The van der Waals surface area contributed by atoms with Crippen molar-refractivity contribution in [2.45, 2.75) is 18.8 Å². The van der Waals surface area contributed by atoms with Crippen LogP contribution in [0.15, 0.2) is 28.4 Å². The molecule has 0 bridgehead atoms. The molecule has 1 rings (SSSR count). The number of halogens is 2. The van der Waals surface area contributed by atoms with Crippen molar-refractivity contribution in [3.8, 4) is 5.75 Å². The number of azo groups is 1. The number of aromatic hydroxyl groups is 1. The summed E-state index contributed by atoms with van der Waals surface area (Å²) in [6.45, 7) is 1.91. The third kappa shape index (κ3) is 3.16. The molecule has 0 saturated carbocycles. The fourth-order valence-corrected chi connectivity index (χ4v) is 1.04. The van der Waals surface area contributed by atoms with Crippen molar-refractivity contribution in [1.29, 1.82) is 0 Å². The van der Waals surface area contributed by atoms with E-state index < -0.39 is 0 Å². The lowest BCUT2D eigenvalue weighted by atomic mass is 10.3. The summed E-state index contributed by atoms with van der Waals surface area (Å²) in [5.41, 5.74) is 0.170. The van der Waals surface area contributed by atoms with E-state index in [9.17, 15) is 0 Å². The van der Waals surface area contributed by atoms with E-state index in [-0.39, 0.29) is 11.3 Å². The van der Waals surface area contributed by atoms with E-state index in [0.717, 1.165) is 0 Å². The Balaban J connectivity index is 2.82. The smallest absolute Gasteiger partial charge is 0.144 e. The van der Waals surface area contributed by atoms with E-state index in [1.54, 1.807) is 6.07 Å². The molecule has 14 heavy (non-hydrogen) atoms. The number of hydrogen-bond donors (Lipinski definition) is 1. The molecule has 1 aromatic rings. The molecule has 1 N–H and O–H groups in total. The first-order valence-electron chi connectivity index (χ1n) is 4.17. The Morgan fingerprint density at radius 3 is 2.79 bits per heavy atom. The highest BCUT2D eigenvalue weighted by Crippen LogP contribution is 2.29. The summed E-state index contributed by atoms with van der Waals surface area (Å²) in [6, 6.07) is 4.49. The molecule has 0 aliphatic carbocycles. The maximum absolute atomic E-state index is 9.08. The molecule has 0 heterocycles. The van der Waals surface area contributed by atoms with Crippen LogP contribution in [-0.4, -0.2) is 10.6 Å². The molecular weight excluding hydrogens is 223 g/mol. The molecule has 0 aliphatic rings. The standard InChI is InChI=1S/C9H10Cl2N2O/c1-2-9(11)13-12-8-4-3-6(14)5-7(8)10/h3-5,9,14H,2H2,1H3. The van der Waals surface area contributed by atoms with E-state index in [1.807, 2.05) is 6.92 Å². The third-order valence-electron chi connectivity index (χ3n) is 1.56. The van der Waals surface area contributed by atoms with E-state index in [1.165, 1.54) is 12.1 Å². The highest BCUT2D eigenvalue weighted by molar-refractivity contribution is 6.33. The Morgan fingerprint density at radius 1 is 1.50 bits per heavy atom.